The molecule has 1 aromatic rings. The third-order valence-corrected chi connectivity index (χ3v) is 2.27. The summed E-state index contributed by atoms with van der Waals surface area (Å²) in [6.07, 6.45) is 1.64. The van der Waals surface area contributed by atoms with Crippen molar-refractivity contribution in [2.45, 2.75) is 13.0 Å². The molecule has 0 amide bonds. The fourth-order valence-corrected chi connectivity index (χ4v) is 1.18. The first-order valence-corrected chi connectivity index (χ1v) is 5.95. The van der Waals surface area contributed by atoms with Gasteiger partial charge in [0.1, 0.15) is 0 Å². The molecule has 2 atom stereocenters. The molecule has 0 bridgehead atoms. The Kier molecular flexibility index (Phi) is 4.02. The molecule has 0 aliphatic heterocycles. The monoisotopic (exact) mass is 218 g/mol. The zero-order chi connectivity index (χ0) is 10.6. The largest absolute Gasteiger partial charge is 0.406 e. The maximum Gasteiger partial charge on any atom is 0.315 e. The van der Waals surface area contributed by atoms with Crippen molar-refractivity contribution < 1.29 is 8.63 Å². The summed E-state index contributed by atoms with van der Waals surface area (Å²) in [7, 11) is -0.818. The summed E-state index contributed by atoms with van der Waals surface area (Å²) in [5, 5.41) is 10.3. The van der Waals surface area contributed by atoms with Crippen molar-refractivity contribution in [3.05, 3.63) is 5.89 Å². The highest BCUT2D eigenvalue weighted by Gasteiger charge is 2.08. The van der Waals surface area contributed by atoms with E-state index in [0.29, 0.717) is 24.2 Å². The van der Waals surface area contributed by atoms with Crippen LogP contribution in [-0.2, 0) is 10.8 Å². The van der Waals surface area contributed by atoms with Crippen LogP contribution in [-0.4, -0.2) is 33.0 Å². The minimum atomic E-state index is -0.818. The number of nitrogens with zero attached hydrogens (tertiary/aromatic N) is 2. The number of anilines is 1. The Labute approximate surface area is 84.7 Å². The van der Waals surface area contributed by atoms with E-state index in [1.807, 2.05) is 0 Å². The normalized spacial score (nSPS) is 15.1. The molecule has 0 fully saturated rings. The van der Waals surface area contributed by atoms with Crippen LogP contribution in [0.5, 0.6) is 0 Å². The molecule has 3 N–H and O–H groups in total. The minimum Gasteiger partial charge on any atom is -0.406 e. The van der Waals surface area contributed by atoms with Crippen LogP contribution in [0, 0.1) is 0 Å². The summed E-state index contributed by atoms with van der Waals surface area (Å²) >= 11 is 0. The van der Waals surface area contributed by atoms with Crippen molar-refractivity contribution in [3.63, 3.8) is 0 Å². The van der Waals surface area contributed by atoms with Crippen molar-refractivity contribution in [2.24, 2.45) is 5.73 Å². The predicted octanol–water partition coefficient (Wildman–Crippen LogP) is -0.120. The molecule has 0 spiro atoms. The maximum atomic E-state index is 10.7. The van der Waals surface area contributed by atoms with E-state index >= 15 is 0 Å². The number of nitrogens with two attached hydrogens (primary N) is 1. The third-order valence-electron chi connectivity index (χ3n) is 1.50. The molecule has 0 aliphatic carbocycles. The van der Waals surface area contributed by atoms with Gasteiger partial charge in [-0.1, -0.05) is 5.10 Å². The second-order valence-corrected chi connectivity index (χ2v) is 4.49. The van der Waals surface area contributed by atoms with Gasteiger partial charge in [-0.05, 0) is 6.92 Å². The van der Waals surface area contributed by atoms with Gasteiger partial charge in [-0.25, -0.2) is 0 Å². The Morgan fingerprint density at radius 1 is 1.64 bits per heavy atom. The Balaban J connectivity index is 2.40. The molecule has 6 nitrogen and oxygen atoms in total. The second kappa shape index (κ2) is 5.06. The average molecular weight is 218 g/mol. The fourth-order valence-electron chi connectivity index (χ4n) is 0.792. The molecule has 14 heavy (non-hydrogen) atoms. The molecule has 1 rings (SSSR count). The SMILES string of the molecule is CC(N)c1nnc(NCCS(C)=O)o1. The minimum absolute atomic E-state index is 0.265. The van der Waals surface area contributed by atoms with Crippen LogP contribution in [0.4, 0.5) is 6.01 Å². The molecule has 0 aromatic carbocycles. The highest BCUT2D eigenvalue weighted by molar-refractivity contribution is 7.84. The number of hydrogen-bond acceptors (Lipinski definition) is 6. The van der Waals surface area contributed by atoms with Crippen LogP contribution in [0.2, 0.25) is 0 Å². The van der Waals surface area contributed by atoms with Gasteiger partial charge in [0.25, 0.3) is 0 Å². The predicted molar refractivity (Wildman–Crippen MR) is 54.3 cm³/mol. The van der Waals surface area contributed by atoms with Gasteiger partial charge in [-0.2, -0.15) is 0 Å². The van der Waals surface area contributed by atoms with Gasteiger partial charge in [0, 0.05) is 29.4 Å². The molecule has 0 saturated carbocycles. The first kappa shape index (κ1) is 11.1. The van der Waals surface area contributed by atoms with Crippen LogP contribution in [0.15, 0.2) is 4.42 Å². The molecule has 0 radical (unpaired) electrons. The van der Waals surface area contributed by atoms with Gasteiger partial charge < -0.3 is 15.5 Å². The zero-order valence-corrected chi connectivity index (χ0v) is 9.00. The van der Waals surface area contributed by atoms with Gasteiger partial charge in [-0.3, -0.25) is 4.21 Å². The van der Waals surface area contributed by atoms with Gasteiger partial charge in [0.05, 0.1) is 6.04 Å². The number of nitrogens with one attached hydrogen (secondary N) is 1. The smallest absolute Gasteiger partial charge is 0.315 e. The van der Waals surface area contributed by atoms with E-state index in [-0.39, 0.29) is 6.04 Å². The van der Waals surface area contributed by atoms with E-state index in [2.05, 4.69) is 15.5 Å². The summed E-state index contributed by atoms with van der Waals surface area (Å²) in [6, 6.07) is 0.0566. The Morgan fingerprint density at radius 3 is 2.86 bits per heavy atom. The highest BCUT2D eigenvalue weighted by atomic mass is 32.2. The number of aromatic nitrogens is 2. The maximum absolute atomic E-state index is 10.7. The Bertz CT molecular complexity index is 312. The topological polar surface area (TPSA) is 94.0 Å². The van der Waals surface area contributed by atoms with E-state index < -0.39 is 10.8 Å². The number of hydrogen-bond donors (Lipinski definition) is 2. The average Bonchev–Trinajstić information content (AvgIpc) is 2.52. The molecule has 0 aliphatic rings. The summed E-state index contributed by atoms with van der Waals surface area (Å²) in [5.74, 6) is 0.945. The van der Waals surface area contributed by atoms with Gasteiger partial charge >= 0.3 is 6.01 Å². The van der Waals surface area contributed by atoms with E-state index in [1.165, 1.54) is 0 Å². The van der Waals surface area contributed by atoms with Crippen LogP contribution in [0.25, 0.3) is 0 Å². The zero-order valence-electron chi connectivity index (χ0n) is 8.19. The lowest BCUT2D eigenvalue weighted by Crippen LogP contribution is -2.09. The molecule has 1 heterocycles. The van der Waals surface area contributed by atoms with E-state index in [0.717, 1.165) is 0 Å². The van der Waals surface area contributed by atoms with Crippen LogP contribution in [0.1, 0.15) is 18.9 Å². The van der Waals surface area contributed by atoms with Crippen molar-refractivity contribution in [2.75, 3.05) is 23.9 Å². The van der Waals surface area contributed by atoms with Crippen molar-refractivity contribution in [1.82, 2.24) is 10.2 Å². The molecule has 1 aromatic heterocycles. The molecule has 2 unspecified atom stereocenters. The van der Waals surface area contributed by atoms with Crippen molar-refractivity contribution in [1.29, 1.82) is 0 Å². The van der Waals surface area contributed by atoms with E-state index in [4.69, 9.17) is 10.2 Å². The van der Waals surface area contributed by atoms with Gasteiger partial charge in [-0.15, -0.1) is 5.10 Å². The lowest BCUT2D eigenvalue weighted by atomic mass is 10.4. The van der Waals surface area contributed by atoms with Crippen LogP contribution >= 0.6 is 0 Å². The summed E-state index contributed by atoms with van der Waals surface area (Å²) in [5.41, 5.74) is 5.53. The third kappa shape index (κ3) is 3.43. The van der Waals surface area contributed by atoms with E-state index in [9.17, 15) is 4.21 Å². The van der Waals surface area contributed by atoms with Crippen LogP contribution in [0.3, 0.4) is 0 Å². The van der Waals surface area contributed by atoms with Gasteiger partial charge in [0.15, 0.2) is 0 Å². The molecular formula is C7H14N4O2S. The van der Waals surface area contributed by atoms with E-state index in [1.54, 1.807) is 13.2 Å². The first-order valence-electron chi connectivity index (χ1n) is 4.22. The quantitative estimate of drug-likeness (QED) is 0.715. The summed E-state index contributed by atoms with van der Waals surface area (Å²) in [4.78, 5) is 0. The lowest BCUT2D eigenvalue weighted by molar-refractivity contribution is 0.473. The molecule has 7 heteroatoms. The Morgan fingerprint density at radius 2 is 2.36 bits per heavy atom. The van der Waals surface area contributed by atoms with Crippen molar-refractivity contribution in [3.8, 4) is 0 Å². The van der Waals surface area contributed by atoms with Crippen LogP contribution < -0.4 is 11.1 Å². The summed E-state index contributed by atoms with van der Waals surface area (Å²) in [6.45, 7) is 2.31. The lowest BCUT2D eigenvalue weighted by Gasteiger charge is -1.98. The molecule has 0 saturated heterocycles. The molecular weight excluding hydrogens is 204 g/mol. The number of rotatable bonds is 5. The first-order chi connectivity index (χ1) is 6.59. The van der Waals surface area contributed by atoms with Crippen molar-refractivity contribution >= 4 is 16.8 Å². The highest BCUT2D eigenvalue weighted by Crippen LogP contribution is 2.10. The molecule has 80 valence electrons. The fraction of sp³-hybridized carbons (Fsp3) is 0.714. The summed E-state index contributed by atoms with van der Waals surface area (Å²) < 4.78 is 15.9. The Hall–Kier alpha value is -0.950. The second-order valence-electron chi connectivity index (χ2n) is 2.94. The van der Waals surface area contributed by atoms with Gasteiger partial charge in [0.2, 0.25) is 5.89 Å². The standard InChI is InChI=1S/C7H14N4O2S/c1-5(8)6-10-11-7(13-6)9-3-4-14(2)12/h5H,3-4,8H2,1-2H3,(H,9,11).